The van der Waals surface area contributed by atoms with E-state index < -0.39 is 0 Å². The van der Waals surface area contributed by atoms with E-state index in [0.717, 1.165) is 15.9 Å². The van der Waals surface area contributed by atoms with Crippen molar-refractivity contribution in [2.24, 2.45) is 0 Å². The molecule has 0 fully saturated rings. The van der Waals surface area contributed by atoms with Gasteiger partial charge in [0.05, 0.1) is 31.1 Å². The predicted molar refractivity (Wildman–Crippen MR) is 98.9 cm³/mol. The standard InChI is InChI=1S/C19H18N2O3S/c1-12-20-16-7-5-4-6-14(16)19(21-12)25-11-17(22)15-9-8-13(23-2)10-18(15)24-3/h4-10H,11H2,1-3H3. The van der Waals surface area contributed by atoms with Crippen molar-refractivity contribution >= 4 is 28.4 Å². The van der Waals surface area contributed by atoms with Crippen molar-refractivity contribution in [2.45, 2.75) is 11.9 Å². The maximum atomic E-state index is 12.6. The molecule has 0 N–H and O–H groups in total. The van der Waals surface area contributed by atoms with Crippen molar-refractivity contribution in [1.29, 1.82) is 0 Å². The molecule has 3 rings (SSSR count). The maximum Gasteiger partial charge on any atom is 0.176 e. The molecule has 0 saturated heterocycles. The first-order valence-electron chi connectivity index (χ1n) is 7.74. The van der Waals surface area contributed by atoms with Crippen LogP contribution in [0.1, 0.15) is 16.2 Å². The number of ether oxygens (including phenoxy) is 2. The van der Waals surface area contributed by atoms with E-state index in [1.54, 1.807) is 32.4 Å². The van der Waals surface area contributed by atoms with Crippen LogP contribution in [-0.2, 0) is 0 Å². The Labute approximate surface area is 150 Å². The first-order valence-corrected chi connectivity index (χ1v) is 8.72. The van der Waals surface area contributed by atoms with Crippen LogP contribution >= 0.6 is 11.8 Å². The number of para-hydroxylation sites is 1. The zero-order valence-corrected chi connectivity index (χ0v) is 15.1. The van der Waals surface area contributed by atoms with E-state index in [1.165, 1.54) is 11.8 Å². The molecule has 1 aromatic heterocycles. The summed E-state index contributed by atoms with van der Waals surface area (Å²) >= 11 is 1.41. The van der Waals surface area contributed by atoms with Crippen molar-refractivity contribution in [2.75, 3.05) is 20.0 Å². The number of nitrogens with zero attached hydrogens (tertiary/aromatic N) is 2. The van der Waals surface area contributed by atoms with E-state index in [-0.39, 0.29) is 11.5 Å². The fourth-order valence-corrected chi connectivity index (χ4v) is 3.46. The molecule has 0 spiro atoms. The van der Waals surface area contributed by atoms with E-state index in [1.807, 2.05) is 31.2 Å². The highest BCUT2D eigenvalue weighted by atomic mass is 32.2. The van der Waals surface area contributed by atoms with Gasteiger partial charge in [-0.05, 0) is 25.1 Å². The van der Waals surface area contributed by atoms with Gasteiger partial charge in [0, 0.05) is 11.5 Å². The number of carbonyl (C=O) groups excluding carboxylic acids is 1. The van der Waals surface area contributed by atoms with Crippen LogP contribution in [0.25, 0.3) is 10.9 Å². The molecule has 0 unspecified atom stereocenters. The van der Waals surface area contributed by atoms with Gasteiger partial charge in [-0.2, -0.15) is 0 Å². The number of methoxy groups -OCH3 is 2. The summed E-state index contributed by atoms with van der Waals surface area (Å²) in [6, 6.07) is 13.0. The number of thioether (sulfide) groups is 1. The van der Waals surface area contributed by atoms with Crippen molar-refractivity contribution in [3.8, 4) is 11.5 Å². The topological polar surface area (TPSA) is 61.3 Å². The molecule has 0 atom stereocenters. The van der Waals surface area contributed by atoms with Crippen molar-refractivity contribution in [3.05, 3.63) is 53.9 Å². The van der Waals surface area contributed by atoms with Gasteiger partial charge in [0.25, 0.3) is 0 Å². The number of ketones is 1. The van der Waals surface area contributed by atoms with E-state index in [9.17, 15) is 4.79 Å². The molecule has 0 amide bonds. The van der Waals surface area contributed by atoms with E-state index in [2.05, 4.69) is 9.97 Å². The fraction of sp³-hybridized carbons (Fsp3) is 0.211. The minimum Gasteiger partial charge on any atom is -0.497 e. The smallest absolute Gasteiger partial charge is 0.176 e. The van der Waals surface area contributed by atoms with Gasteiger partial charge in [-0.3, -0.25) is 4.79 Å². The highest BCUT2D eigenvalue weighted by Crippen LogP contribution is 2.29. The minimum atomic E-state index is -0.0233. The number of rotatable bonds is 6. The molecule has 5 nitrogen and oxygen atoms in total. The monoisotopic (exact) mass is 354 g/mol. The highest BCUT2D eigenvalue weighted by Gasteiger charge is 2.15. The van der Waals surface area contributed by atoms with Gasteiger partial charge < -0.3 is 9.47 Å². The first-order chi connectivity index (χ1) is 12.1. The number of aromatic nitrogens is 2. The Kier molecular flexibility index (Phi) is 5.19. The SMILES string of the molecule is COc1ccc(C(=O)CSc2nc(C)nc3ccccc23)c(OC)c1. The van der Waals surface area contributed by atoms with Crippen molar-refractivity contribution < 1.29 is 14.3 Å². The van der Waals surface area contributed by atoms with Crippen LogP contribution in [0, 0.1) is 6.92 Å². The Balaban J connectivity index is 1.84. The zero-order chi connectivity index (χ0) is 17.8. The summed E-state index contributed by atoms with van der Waals surface area (Å²) in [6.07, 6.45) is 0. The number of benzene rings is 2. The van der Waals surface area contributed by atoms with Gasteiger partial charge in [-0.25, -0.2) is 9.97 Å². The molecule has 0 bridgehead atoms. The van der Waals surface area contributed by atoms with Crippen LogP contribution in [0.3, 0.4) is 0 Å². The molecule has 0 radical (unpaired) electrons. The van der Waals surface area contributed by atoms with Gasteiger partial charge >= 0.3 is 0 Å². The third kappa shape index (κ3) is 3.74. The summed E-state index contributed by atoms with van der Waals surface area (Å²) in [5.74, 6) is 2.09. The van der Waals surface area contributed by atoms with Crippen LogP contribution in [0.15, 0.2) is 47.5 Å². The summed E-state index contributed by atoms with van der Waals surface area (Å²) in [5, 5.41) is 1.76. The van der Waals surface area contributed by atoms with Crippen LogP contribution in [0.4, 0.5) is 0 Å². The third-order valence-corrected chi connectivity index (χ3v) is 4.72. The normalized spacial score (nSPS) is 10.7. The Morgan fingerprint density at radius 2 is 1.88 bits per heavy atom. The Morgan fingerprint density at radius 3 is 2.64 bits per heavy atom. The van der Waals surface area contributed by atoms with Gasteiger partial charge in [-0.1, -0.05) is 30.0 Å². The molecular formula is C19H18N2O3S. The molecule has 0 aliphatic heterocycles. The van der Waals surface area contributed by atoms with Gasteiger partial charge in [0.15, 0.2) is 5.78 Å². The second-order valence-electron chi connectivity index (χ2n) is 5.37. The Hall–Kier alpha value is -2.60. The fourth-order valence-electron chi connectivity index (χ4n) is 2.51. The molecular weight excluding hydrogens is 336 g/mol. The molecule has 0 aliphatic rings. The lowest BCUT2D eigenvalue weighted by atomic mass is 10.1. The third-order valence-electron chi connectivity index (χ3n) is 3.73. The minimum absolute atomic E-state index is 0.0233. The summed E-state index contributed by atoms with van der Waals surface area (Å²) in [7, 11) is 3.12. The lowest BCUT2D eigenvalue weighted by Gasteiger charge is -2.10. The van der Waals surface area contributed by atoms with Crippen LogP contribution in [0.2, 0.25) is 0 Å². The summed E-state index contributed by atoms with van der Waals surface area (Å²) in [4.78, 5) is 21.5. The molecule has 128 valence electrons. The van der Waals surface area contributed by atoms with E-state index in [4.69, 9.17) is 9.47 Å². The van der Waals surface area contributed by atoms with E-state index in [0.29, 0.717) is 22.9 Å². The van der Waals surface area contributed by atoms with Crippen LogP contribution in [-0.4, -0.2) is 35.7 Å². The number of carbonyl (C=O) groups is 1. The van der Waals surface area contributed by atoms with Gasteiger partial charge in [0.1, 0.15) is 22.3 Å². The zero-order valence-electron chi connectivity index (χ0n) is 14.3. The van der Waals surface area contributed by atoms with Crippen LogP contribution < -0.4 is 9.47 Å². The molecule has 25 heavy (non-hydrogen) atoms. The number of Topliss-reactive ketones (excluding diaryl/α,β-unsaturated/α-hetero) is 1. The number of aryl methyl sites for hydroxylation is 1. The maximum absolute atomic E-state index is 12.6. The van der Waals surface area contributed by atoms with Crippen LogP contribution in [0.5, 0.6) is 11.5 Å². The van der Waals surface area contributed by atoms with Crippen molar-refractivity contribution in [1.82, 2.24) is 9.97 Å². The Bertz CT molecular complexity index is 928. The molecule has 1 heterocycles. The number of hydrogen-bond acceptors (Lipinski definition) is 6. The average molecular weight is 354 g/mol. The quantitative estimate of drug-likeness (QED) is 0.380. The predicted octanol–water partition coefficient (Wildman–Crippen LogP) is 3.93. The molecule has 6 heteroatoms. The number of fused-ring (bicyclic) bond motifs is 1. The summed E-state index contributed by atoms with van der Waals surface area (Å²) in [6.45, 7) is 1.85. The second-order valence-corrected chi connectivity index (χ2v) is 6.34. The first kappa shape index (κ1) is 17.2. The summed E-state index contributed by atoms with van der Waals surface area (Å²) < 4.78 is 10.5. The van der Waals surface area contributed by atoms with Crippen molar-refractivity contribution in [3.63, 3.8) is 0 Å². The average Bonchev–Trinajstić information content (AvgIpc) is 2.65. The molecule has 2 aromatic carbocycles. The molecule has 0 saturated carbocycles. The van der Waals surface area contributed by atoms with E-state index >= 15 is 0 Å². The molecule has 3 aromatic rings. The van der Waals surface area contributed by atoms with Gasteiger partial charge in [-0.15, -0.1) is 0 Å². The molecule has 0 aliphatic carbocycles. The number of hydrogen-bond donors (Lipinski definition) is 0. The summed E-state index contributed by atoms with van der Waals surface area (Å²) in [5.41, 5.74) is 1.41. The lowest BCUT2D eigenvalue weighted by Crippen LogP contribution is -2.06. The second kappa shape index (κ2) is 7.53. The Morgan fingerprint density at radius 1 is 1.08 bits per heavy atom. The van der Waals surface area contributed by atoms with Gasteiger partial charge in [0.2, 0.25) is 0 Å². The largest absolute Gasteiger partial charge is 0.497 e. The highest BCUT2D eigenvalue weighted by molar-refractivity contribution is 8.00. The lowest BCUT2D eigenvalue weighted by molar-refractivity contribution is 0.101.